The Morgan fingerprint density at radius 3 is 2.67 bits per heavy atom. The van der Waals surface area contributed by atoms with Gasteiger partial charge in [0, 0.05) is 33.9 Å². The van der Waals surface area contributed by atoms with Crippen molar-refractivity contribution in [2.45, 2.75) is 32.2 Å². The molecule has 1 aliphatic rings. The third kappa shape index (κ3) is 6.15. The van der Waals surface area contributed by atoms with Gasteiger partial charge in [0.2, 0.25) is 0 Å². The summed E-state index contributed by atoms with van der Waals surface area (Å²) in [5.41, 5.74) is 1.21. The van der Waals surface area contributed by atoms with E-state index in [-0.39, 0.29) is 29.8 Å². The first kappa shape index (κ1) is 21.6. The number of hydrogen-bond donors (Lipinski definition) is 2. The average Bonchev–Trinajstić information content (AvgIpc) is 2.52. The van der Waals surface area contributed by atoms with Gasteiger partial charge in [0.05, 0.1) is 4.47 Å². The topological polar surface area (TPSA) is 45.7 Å². The molecule has 0 aromatic heterocycles. The predicted octanol–water partition coefficient (Wildman–Crippen LogP) is 4.08. The van der Waals surface area contributed by atoms with Gasteiger partial charge in [-0.3, -0.25) is 4.99 Å². The Bertz CT molecular complexity index is 553. The van der Waals surface area contributed by atoms with Crippen LogP contribution in [0, 0.1) is 11.2 Å². The van der Waals surface area contributed by atoms with Crippen LogP contribution in [0.5, 0.6) is 0 Å². The standard InChI is InChI=1S/C17H25BrFN3O.HI/c1-20-16(21-11-13-4-5-14(18)15(19)10-13)22-12-17(6-3-7-17)8-9-23-2;/h4-5,10H,3,6-9,11-12H2,1-2H3,(H2,20,21,22);1H. The van der Waals surface area contributed by atoms with Crippen molar-refractivity contribution >= 4 is 45.9 Å². The highest BCUT2D eigenvalue weighted by Gasteiger charge is 2.36. The minimum atomic E-state index is -0.250. The zero-order valence-corrected chi connectivity index (χ0v) is 18.1. The minimum absolute atomic E-state index is 0. The van der Waals surface area contributed by atoms with Crippen molar-refractivity contribution in [1.29, 1.82) is 0 Å². The molecule has 1 aliphatic carbocycles. The van der Waals surface area contributed by atoms with Crippen molar-refractivity contribution in [2.75, 3.05) is 27.3 Å². The van der Waals surface area contributed by atoms with Crippen molar-refractivity contribution in [3.63, 3.8) is 0 Å². The van der Waals surface area contributed by atoms with E-state index in [1.165, 1.54) is 25.3 Å². The highest BCUT2D eigenvalue weighted by atomic mass is 127. The van der Waals surface area contributed by atoms with Crippen LogP contribution in [-0.2, 0) is 11.3 Å². The van der Waals surface area contributed by atoms with Crippen LogP contribution in [0.4, 0.5) is 4.39 Å². The first-order chi connectivity index (χ1) is 11.1. The summed E-state index contributed by atoms with van der Waals surface area (Å²) in [4.78, 5) is 4.25. The number of guanidine groups is 1. The van der Waals surface area contributed by atoms with Crippen LogP contribution in [0.15, 0.2) is 27.7 Å². The number of benzene rings is 1. The second kappa shape index (κ2) is 10.6. The SMILES string of the molecule is CN=C(NCc1ccc(Br)c(F)c1)NCC1(CCOC)CCC1.I. The van der Waals surface area contributed by atoms with Crippen molar-refractivity contribution in [3.05, 3.63) is 34.1 Å². The van der Waals surface area contributed by atoms with Gasteiger partial charge in [0.1, 0.15) is 5.82 Å². The first-order valence-corrected chi connectivity index (χ1v) is 8.75. The van der Waals surface area contributed by atoms with Crippen LogP contribution >= 0.6 is 39.9 Å². The van der Waals surface area contributed by atoms with Crippen LogP contribution in [0.2, 0.25) is 0 Å². The molecule has 2 rings (SSSR count). The van der Waals surface area contributed by atoms with Crippen LogP contribution in [-0.4, -0.2) is 33.3 Å². The summed E-state index contributed by atoms with van der Waals surface area (Å²) in [5.74, 6) is 0.497. The van der Waals surface area contributed by atoms with Gasteiger partial charge in [-0.15, -0.1) is 24.0 Å². The molecule has 4 nitrogen and oxygen atoms in total. The zero-order chi connectivity index (χ0) is 16.7. The molecule has 0 unspecified atom stereocenters. The van der Waals surface area contributed by atoms with Crippen molar-refractivity contribution in [2.24, 2.45) is 10.4 Å². The maximum absolute atomic E-state index is 13.5. The summed E-state index contributed by atoms with van der Waals surface area (Å²) in [7, 11) is 3.50. The van der Waals surface area contributed by atoms with Gasteiger partial charge in [-0.1, -0.05) is 12.5 Å². The van der Waals surface area contributed by atoms with E-state index in [0.717, 1.165) is 31.1 Å². The lowest BCUT2D eigenvalue weighted by Gasteiger charge is -2.42. The number of halogens is 3. The quantitative estimate of drug-likeness (QED) is 0.328. The van der Waals surface area contributed by atoms with Crippen molar-refractivity contribution < 1.29 is 9.13 Å². The third-order valence-corrected chi connectivity index (χ3v) is 5.19. The summed E-state index contributed by atoms with van der Waals surface area (Å²) in [6.07, 6.45) is 4.83. The third-order valence-electron chi connectivity index (χ3n) is 4.55. The summed E-state index contributed by atoms with van der Waals surface area (Å²) < 4.78 is 19.2. The fourth-order valence-corrected chi connectivity index (χ4v) is 3.08. The maximum Gasteiger partial charge on any atom is 0.191 e. The van der Waals surface area contributed by atoms with E-state index in [4.69, 9.17) is 4.74 Å². The molecule has 0 heterocycles. The minimum Gasteiger partial charge on any atom is -0.385 e. The van der Waals surface area contributed by atoms with Gasteiger partial charge >= 0.3 is 0 Å². The summed E-state index contributed by atoms with van der Waals surface area (Å²) in [6, 6.07) is 5.13. The Hall–Kier alpha value is -0.410. The molecule has 136 valence electrons. The summed E-state index contributed by atoms with van der Waals surface area (Å²) in [5, 5.41) is 6.63. The fraction of sp³-hybridized carbons (Fsp3) is 0.588. The predicted molar refractivity (Wildman–Crippen MR) is 110 cm³/mol. The summed E-state index contributed by atoms with van der Waals surface area (Å²) in [6.45, 7) is 2.23. The van der Waals surface area contributed by atoms with Gasteiger partial charge in [-0.2, -0.15) is 0 Å². The second-order valence-corrected chi connectivity index (χ2v) is 6.98. The van der Waals surface area contributed by atoms with E-state index in [2.05, 4.69) is 31.6 Å². The van der Waals surface area contributed by atoms with Crippen LogP contribution in [0.3, 0.4) is 0 Å². The lowest BCUT2D eigenvalue weighted by Crippen LogP contribution is -2.46. The Kier molecular flexibility index (Phi) is 9.51. The lowest BCUT2D eigenvalue weighted by molar-refractivity contribution is 0.0732. The highest BCUT2D eigenvalue weighted by molar-refractivity contribution is 14.0. The number of rotatable bonds is 7. The monoisotopic (exact) mass is 513 g/mol. The molecule has 1 fully saturated rings. The van der Waals surface area contributed by atoms with Gasteiger partial charge in [-0.05, 0) is 58.3 Å². The van der Waals surface area contributed by atoms with Crippen molar-refractivity contribution in [1.82, 2.24) is 10.6 Å². The first-order valence-electron chi connectivity index (χ1n) is 7.96. The number of aliphatic imine (C=N–C) groups is 1. The number of methoxy groups -OCH3 is 1. The van der Waals surface area contributed by atoms with E-state index in [1.807, 2.05) is 6.07 Å². The molecular formula is C17H26BrFIN3O. The molecular weight excluding hydrogens is 488 g/mol. The number of nitrogens with one attached hydrogen (secondary N) is 2. The Labute approximate surface area is 169 Å². The van der Waals surface area contributed by atoms with Gasteiger partial charge in [0.15, 0.2) is 5.96 Å². The normalized spacial score (nSPS) is 16.1. The van der Waals surface area contributed by atoms with Crippen LogP contribution in [0.25, 0.3) is 0 Å². The van der Waals surface area contributed by atoms with Crippen LogP contribution in [0.1, 0.15) is 31.2 Å². The molecule has 0 aliphatic heterocycles. The molecule has 0 atom stereocenters. The maximum atomic E-state index is 13.5. The molecule has 0 saturated heterocycles. The lowest BCUT2D eigenvalue weighted by atomic mass is 9.67. The van der Waals surface area contributed by atoms with E-state index < -0.39 is 0 Å². The van der Waals surface area contributed by atoms with Gasteiger partial charge < -0.3 is 15.4 Å². The molecule has 0 amide bonds. The Morgan fingerprint density at radius 2 is 2.12 bits per heavy atom. The number of hydrogen-bond acceptors (Lipinski definition) is 2. The molecule has 0 bridgehead atoms. The zero-order valence-electron chi connectivity index (χ0n) is 14.2. The molecule has 1 aromatic rings. The Morgan fingerprint density at radius 1 is 1.38 bits per heavy atom. The fourth-order valence-electron chi connectivity index (χ4n) is 2.84. The Balaban J connectivity index is 0.00000288. The highest BCUT2D eigenvalue weighted by Crippen LogP contribution is 2.43. The van der Waals surface area contributed by atoms with E-state index in [9.17, 15) is 4.39 Å². The summed E-state index contributed by atoms with van der Waals surface area (Å²) >= 11 is 3.16. The number of ether oxygens (including phenoxy) is 1. The molecule has 2 N–H and O–H groups in total. The van der Waals surface area contributed by atoms with E-state index >= 15 is 0 Å². The largest absolute Gasteiger partial charge is 0.385 e. The molecule has 0 spiro atoms. The van der Waals surface area contributed by atoms with Gasteiger partial charge in [-0.25, -0.2) is 4.39 Å². The molecule has 1 aromatic carbocycles. The van der Waals surface area contributed by atoms with Crippen molar-refractivity contribution in [3.8, 4) is 0 Å². The molecule has 1 saturated carbocycles. The molecule has 7 heteroatoms. The molecule has 0 radical (unpaired) electrons. The van der Waals surface area contributed by atoms with E-state index in [1.54, 1.807) is 20.2 Å². The smallest absolute Gasteiger partial charge is 0.191 e. The second-order valence-electron chi connectivity index (χ2n) is 6.12. The molecule has 24 heavy (non-hydrogen) atoms. The van der Waals surface area contributed by atoms with Crippen LogP contribution < -0.4 is 10.6 Å². The number of nitrogens with zero attached hydrogens (tertiary/aromatic N) is 1. The average molecular weight is 514 g/mol. The van der Waals surface area contributed by atoms with Gasteiger partial charge in [0.25, 0.3) is 0 Å². The van der Waals surface area contributed by atoms with E-state index in [0.29, 0.717) is 16.4 Å².